The molecule has 0 fully saturated rings. The van der Waals surface area contributed by atoms with E-state index in [1.54, 1.807) is 0 Å². The second-order valence-corrected chi connectivity index (χ2v) is 3.49. The van der Waals surface area contributed by atoms with Gasteiger partial charge in [-0.3, -0.25) is 0 Å². The van der Waals surface area contributed by atoms with Crippen LogP contribution in [0.4, 0.5) is 8.78 Å². The lowest BCUT2D eigenvalue weighted by molar-refractivity contribution is 0.415. The van der Waals surface area contributed by atoms with Crippen LogP contribution < -0.4 is 0 Å². The van der Waals surface area contributed by atoms with Gasteiger partial charge in [-0.15, -0.1) is 10.2 Å². The van der Waals surface area contributed by atoms with Gasteiger partial charge in [0.05, 0.1) is 0 Å². The number of nitrogens with zero attached hydrogens (tertiary/aromatic N) is 2. The molecule has 1 aromatic rings. The highest BCUT2D eigenvalue weighted by molar-refractivity contribution is 7.99. The maximum absolute atomic E-state index is 11.6. The Balaban J connectivity index is 2.28. The summed E-state index contributed by atoms with van der Waals surface area (Å²) < 4.78 is 28.4. The van der Waals surface area contributed by atoms with Gasteiger partial charge in [0.25, 0.3) is 11.3 Å². The van der Waals surface area contributed by atoms with Crippen molar-refractivity contribution in [2.45, 2.75) is 25.0 Å². The topological polar surface area (TPSA) is 38.9 Å². The van der Waals surface area contributed by atoms with Crippen LogP contribution in [-0.2, 0) is 6.42 Å². The average molecular weight is 220 g/mol. The first-order chi connectivity index (χ1) is 6.72. The van der Waals surface area contributed by atoms with E-state index in [-0.39, 0.29) is 0 Å². The van der Waals surface area contributed by atoms with Crippen LogP contribution in [0.3, 0.4) is 0 Å². The number of aryl methyl sites for hydroxylation is 1. The number of hydrogen-bond acceptors (Lipinski definition) is 4. The Morgan fingerprint density at radius 3 is 2.86 bits per heavy atom. The third kappa shape index (κ3) is 3.87. The van der Waals surface area contributed by atoms with Gasteiger partial charge >= 0.3 is 0 Å². The quantitative estimate of drug-likeness (QED) is 0.565. The summed E-state index contributed by atoms with van der Waals surface area (Å²) in [5.74, 6) is 1.09. The second kappa shape index (κ2) is 5.74. The van der Waals surface area contributed by atoms with E-state index in [1.807, 2.05) is 6.92 Å². The fourth-order valence-electron chi connectivity index (χ4n) is 0.754. The molecule has 78 valence electrons. The van der Waals surface area contributed by atoms with Gasteiger partial charge in [-0.1, -0.05) is 18.7 Å². The van der Waals surface area contributed by atoms with Crippen LogP contribution in [0.15, 0.2) is 21.8 Å². The molecule has 0 amide bonds. The zero-order valence-electron chi connectivity index (χ0n) is 7.67. The number of halogens is 2. The molecule has 0 aliphatic carbocycles. The third-order valence-electron chi connectivity index (χ3n) is 1.39. The van der Waals surface area contributed by atoms with Crippen LogP contribution in [0.1, 0.15) is 19.2 Å². The Bertz CT molecular complexity index is 310. The summed E-state index contributed by atoms with van der Waals surface area (Å²) in [6, 6.07) is 0. The Hall–Kier alpha value is -0.910. The lowest BCUT2D eigenvalue weighted by Gasteiger charge is -1.90. The fourth-order valence-corrected chi connectivity index (χ4v) is 1.42. The molecule has 0 spiro atoms. The summed E-state index contributed by atoms with van der Waals surface area (Å²) in [5, 5.41) is 7.93. The molecule has 1 heterocycles. The zero-order chi connectivity index (χ0) is 10.4. The van der Waals surface area contributed by atoms with Crippen molar-refractivity contribution in [3.8, 4) is 0 Å². The van der Waals surface area contributed by atoms with Crippen molar-refractivity contribution < 1.29 is 13.2 Å². The Morgan fingerprint density at radius 2 is 2.29 bits per heavy atom. The molecular weight excluding hydrogens is 210 g/mol. The molecule has 1 rings (SSSR count). The highest BCUT2D eigenvalue weighted by atomic mass is 32.2. The van der Waals surface area contributed by atoms with Crippen molar-refractivity contribution in [2.75, 3.05) is 5.75 Å². The fraction of sp³-hybridized carbons (Fsp3) is 0.500. The summed E-state index contributed by atoms with van der Waals surface area (Å²) in [6.45, 7) is 1.91. The molecule has 0 saturated heterocycles. The Kier molecular flexibility index (Phi) is 4.58. The minimum absolute atomic E-state index is 0.302. The first kappa shape index (κ1) is 11.2. The van der Waals surface area contributed by atoms with E-state index < -0.39 is 6.08 Å². The van der Waals surface area contributed by atoms with E-state index in [9.17, 15) is 8.78 Å². The van der Waals surface area contributed by atoms with Crippen molar-refractivity contribution in [1.29, 1.82) is 0 Å². The first-order valence-electron chi connectivity index (χ1n) is 4.18. The van der Waals surface area contributed by atoms with Crippen molar-refractivity contribution in [3.63, 3.8) is 0 Å². The molecule has 0 aliphatic rings. The van der Waals surface area contributed by atoms with Crippen LogP contribution in [0.25, 0.3) is 0 Å². The van der Waals surface area contributed by atoms with E-state index in [4.69, 9.17) is 4.42 Å². The maximum Gasteiger partial charge on any atom is 0.276 e. The second-order valence-electron chi connectivity index (χ2n) is 2.45. The van der Waals surface area contributed by atoms with Gasteiger partial charge < -0.3 is 4.42 Å². The normalized spacial score (nSPS) is 10.2. The lowest BCUT2D eigenvalue weighted by Crippen LogP contribution is -1.77. The van der Waals surface area contributed by atoms with Gasteiger partial charge in [-0.2, -0.15) is 8.78 Å². The van der Waals surface area contributed by atoms with Crippen molar-refractivity contribution in [1.82, 2.24) is 10.2 Å². The SMILES string of the molecule is CCc1nnc(SCCC=C(F)F)o1. The van der Waals surface area contributed by atoms with Crippen LogP contribution in [0, 0.1) is 0 Å². The summed E-state index contributed by atoms with van der Waals surface area (Å²) in [5.41, 5.74) is 0. The van der Waals surface area contributed by atoms with Crippen LogP contribution >= 0.6 is 11.8 Å². The Morgan fingerprint density at radius 1 is 1.50 bits per heavy atom. The van der Waals surface area contributed by atoms with E-state index in [1.165, 1.54) is 11.8 Å². The molecule has 6 heteroatoms. The third-order valence-corrected chi connectivity index (χ3v) is 2.24. The molecule has 0 N–H and O–H groups in total. The molecular formula is C8H10F2N2OS. The van der Waals surface area contributed by atoms with Gasteiger partial charge in [-0.05, 0) is 12.5 Å². The highest BCUT2D eigenvalue weighted by Gasteiger charge is 2.03. The van der Waals surface area contributed by atoms with Crippen molar-refractivity contribution >= 4 is 11.8 Å². The maximum atomic E-state index is 11.6. The molecule has 0 saturated carbocycles. The molecule has 0 unspecified atom stereocenters. The van der Waals surface area contributed by atoms with E-state index in [0.29, 0.717) is 29.7 Å². The number of rotatable bonds is 5. The smallest absolute Gasteiger partial charge is 0.276 e. The first-order valence-corrected chi connectivity index (χ1v) is 5.17. The van der Waals surface area contributed by atoms with Crippen LogP contribution in [0.5, 0.6) is 0 Å². The van der Waals surface area contributed by atoms with Gasteiger partial charge in [0.2, 0.25) is 5.89 Å². The van der Waals surface area contributed by atoms with Gasteiger partial charge in [0, 0.05) is 12.2 Å². The Labute approximate surface area is 84.6 Å². The van der Waals surface area contributed by atoms with Gasteiger partial charge in [-0.25, -0.2) is 0 Å². The molecule has 14 heavy (non-hydrogen) atoms. The van der Waals surface area contributed by atoms with E-state index >= 15 is 0 Å². The number of thioether (sulfide) groups is 1. The standard InChI is InChI=1S/C8H10F2N2OS/c1-2-7-11-12-8(13-7)14-5-3-4-6(9)10/h4H,2-3,5H2,1H3. The monoisotopic (exact) mass is 220 g/mol. The molecule has 0 radical (unpaired) electrons. The largest absolute Gasteiger partial charge is 0.416 e. The molecule has 0 aromatic carbocycles. The molecule has 0 bridgehead atoms. The summed E-state index contributed by atoms with van der Waals surface area (Å²) in [7, 11) is 0. The number of allylic oxidation sites excluding steroid dienone is 1. The highest BCUT2D eigenvalue weighted by Crippen LogP contribution is 2.17. The predicted molar refractivity (Wildman–Crippen MR) is 49.3 cm³/mol. The van der Waals surface area contributed by atoms with Crippen LogP contribution in [0.2, 0.25) is 0 Å². The number of aromatic nitrogens is 2. The average Bonchev–Trinajstić information content (AvgIpc) is 2.60. The predicted octanol–water partition coefficient (Wildman–Crippen LogP) is 2.89. The lowest BCUT2D eigenvalue weighted by atomic mass is 10.5. The van der Waals surface area contributed by atoms with Crippen LogP contribution in [-0.4, -0.2) is 16.0 Å². The van der Waals surface area contributed by atoms with Crippen molar-refractivity contribution in [2.24, 2.45) is 0 Å². The molecule has 0 atom stereocenters. The molecule has 1 aromatic heterocycles. The summed E-state index contributed by atoms with van der Waals surface area (Å²) in [4.78, 5) is 0. The van der Waals surface area contributed by atoms with E-state index in [2.05, 4.69) is 10.2 Å². The molecule has 0 aliphatic heterocycles. The molecule has 3 nitrogen and oxygen atoms in total. The summed E-state index contributed by atoms with van der Waals surface area (Å²) in [6.07, 6.45) is 0.221. The minimum atomic E-state index is -1.65. The van der Waals surface area contributed by atoms with Crippen molar-refractivity contribution in [3.05, 3.63) is 18.0 Å². The van der Waals surface area contributed by atoms with Gasteiger partial charge in [0.15, 0.2) is 0 Å². The van der Waals surface area contributed by atoms with E-state index in [0.717, 1.165) is 6.08 Å². The van der Waals surface area contributed by atoms with Gasteiger partial charge in [0.1, 0.15) is 0 Å². The number of hydrogen-bond donors (Lipinski definition) is 0. The summed E-state index contributed by atoms with van der Waals surface area (Å²) >= 11 is 1.28. The zero-order valence-corrected chi connectivity index (χ0v) is 8.48. The minimum Gasteiger partial charge on any atom is -0.416 e.